The van der Waals surface area contributed by atoms with E-state index in [0.29, 0.717) is 6.54 Å². The first-order valence-electron chi connectivity index (χ1n) is 7.15. The van der Waals surface area contributed by atoms with Crippen molar-refractivity contribution in [2.24, 2.45) is 5.41 Å². The fraction of sp³-hybridized carbons (Fsp3) is 0.667. The normalized spacial score (nSPS) is 14.5. The zero-order valence-corrected chi connectivity index (χ0v) is 12.6. The molecule has 4 heteroatoms. The van der Waals surface area contributed by atoms with Gasteiger partial charge in [0.15, 0.2) is 0 Å². The number of thiophene rings is 1. The van der Waals surface area contributed by atoms with Gasteiger partial charge in [-0.2, -0.15) is 0 Å². The van der Waals surface area contributed by atoms with Crippen molar-refractivity contribution in [3.63, 3.8) is 0 Å². The molecule has 0 saturated carbocycles. The number of rotatable bonds is 6. The van der Waals surface area contributed by atoms with Gasteiger partial charge in [0.2, 0.25) is 0 Å². The molecule has 1 aromatic rings. The molecule has 0 atom stereocenters. The van der Waals surface area contributed by atoms with Crippen molar-refractivity contribution in [2.75, 3.05) is 13.2 Å². The number of carbonyl (C=O) groups excluding carboxylic acids is 1. The molecule has 0 spiro atoms. The van der Waals surface area contributed by atoms with Gasteiger partial charge < -0.3 is 10.4 Å². The van der Waals surface area contributed by atoms with Gasteiger partial charge in [0.1, 0.15) is 0 Å². The first-order valence-corrected chi connectivity index (χ1v) is 7.96. The Bertz CT molecular complexity index is 419. The molecule has 1 aliphatic rings. The number of hydrogen-bond donors (Lipinski definition) is 2. The van der Waals surface area contributed by atoms with Crippen LogP contribution in [0.3, 0.4) is 0 Å². The summed E-state index contributed by atoms with van der Waals surface area (Å²) in [5.74, 6) is 0.0131. The monoisotopic (exact) mass is 281 g/mol. The van der Waals surface area contributed by atoms with E-state index in [0.717, 1.165) is 30.6 Å². The van der Waals surface area contributed by atoms with E-state index in [9.17, 15) is 9.90 Å². The molecule has 0 unspecified atom stereocenters. The Morgan fingerprint density at radius 3 is 2.74 bits per heavy atom. The number of carbonyl (C=O) groups is 1. The molecule has 2 N–H and O–H groups in total. The molecule has 0 bridgehead atoms. The molecular weight excluding hydrogens is 258 g/mol. The van der Waals surface area contributed by atoms with Gasteiger partial charge in [0.05, 0.1) is 11.5 Å². The first kappa shape index (κ1) is 14.5. The Kier molecular flexibility index (Phi) is 4.63. The zero-order chi connectivity index (χ0) is 13.9. The smallest absolute Gasteiger partial charge is 0.261 e. The maximum atomic E-state index is 12.2. The third-order valence-corrected chi connectivity index (χ3v) is 5.67. The van der Waals surface area contributed by atoms with Crippen LogP contribution in [0.15, 0.2) is 6.07 Å². The summed E-state index contributed by atoms with van der Waals surface area (Å²) in [6, 6.07) is 2.04. The molecule has 3 nitrogen and oxygen atoms in total. The summed E-state index contributed by atoms with van der Waals surface area (Å²) in [5.41, 5.74) is 1.19. The van der Waals surface area contributed by atoms with E-state index in [2.05, 4.69) is 19.2 Å². The molecule has 1 heterocycles. The van der Waals surface area contributed by atoms with Crippen molar-refractivity contribution in [2.45, 2.75) is 46.0 Å². The van der Waals surface area contributed by atoms with E-state index in [1.165, 1.54) is 16.9 Å². The van der Waals surface area contributed by atoms with Crippen molar-refractivity contribution < 1.29 is 9.90 Å². The number of nitrogens with one attached hydrogen (secondary N) is 1. The Hall–Kier alpha value is -0.870. The lowest BCUT2D eigenvalue weighted by molar-refractivity contribution is 0.0854. The predicted octanol–water partition coefficient (Wildman–Crippen LogP) is 2.77. The van der Waals surface area contributed by atoms with Crippen LogP contribution in [0, 0.1) is 5.41 Å². The summed E-state index contributed by atoms with van der Waals surface area (Å²) in [6.07, 6.45) is 5.21. The van der Waals surface area contributed by atoms with Gasteiger partial charge >= 0.3 is 0 Å². The van der Waals surface area contributed by atoms with E-state index in [1.54, 1.807) is 11.3 Å². The van der Waals surface area contributed by atoms with Crippen LogP contribution in [0.25, 0.3) is 0 Å². The van der Waals surface area contributed by atoms with Crippen LogP contribution in [0.4, 0.5) is 0 Å². The van der Waals surface area contributed by atoms with Gasteiger partial charge in [-0.15, -0.1) is 11.3 Å². The number of hydrogen-bond acceptors (Lipinski definition) is 3. The van der Waals surface area contributed by atoms with Crippen LogP contribution in [0.1, 0.15) is 53.2 Å². The van der Waals surface area contributed by atoms with Crippen molar-refractivity contribution in [3.8, 4) is 0 Å². The van der Waals surface area contributed by atoms with Crippen LogP contribution in [0.2, 0.25) is 0 Å². The lowest BCUT2D eigenvalue weighted by Gasteiger charge is -2.29. The lowest BCUT2D eigenvalue weighted by atomic mass is 9.83. The Labute approximate surface area is 119 Å². The van der Waals surface area contributed by atoms with Crippen molar-refractivity contribution in [3.05, 3.63) is 21.4 Å². The SMILES string of the molecule is CCC(CC)(CO)CNC(=O)c1cc2c(s1)CCC2. The number of fused-ring (bicyclic) bond motifs is 1. The number of amides is 1. The fourth-order valence-electron chi connectivity index (χ4n) is 2.58. The second-order valence-electron chi connectivity index (χ2n) is 5.46. The van der Waals surface area contributed by atoms with Gasteiger partial charge in [-0.1, -0.05) is 13.8 Å². The summed E-state index contributed by atoms with van der Waals surface area (Å²) in [7, 11) is 0. The lowest BCUT2D eigenvalue weighted by Crippen LogP contribution is -2.39. The quantitative estimate of drug-likeness (QED) is 0.842. The minimum Gasteiger partial charge on any atom is -0.396 e. The minimum absolute atomic E-state index is 0.0131. The van der Waals surface area contributed by atoms with E-state index < -0.39 is 0 Å². The molecule has 1 amide bonds. The van der Waals surface area contributed by atoms with Crippen LogP contribution < -0.4 is 5.32 Å². The molecule has 0 fully saturated rings. The standard InChI is InChI=1S/C15H23NO2S/c1-3-15(4-2,10-17)9-16-14(18)13-8-11-6-5-7-12(11)19-13/h8,17H,3-7,9-10H2,1-2H3,(H,16,18). The van der Waals surface area contributed by atoms with Crippen LogP contribution in [-0.4, -0.2) is 24.2 Å². The predicted molar refractivity (Wildman–Crippen MR) is 78.8 cm³/mol. The van der Waals surface area contributed by atoms with Crippen molar-refractivity contribution >= 4 is 17.2 Å². The third kappa shape index (κ3) is 3.00. The Morgan fingerprint density at radius 2 is 2.16 bits per heavy atom. The van der Waals surface area contributed by atoms with Crippen LogP contribution >= 0.6 is 11.3 Å². The molecular formula is C15H23NO2S. The van der Waals surface area contributed by atoms with Gasteiger partial charge in [-0.05, 0) is 43.7 Å². The maximum Gasteiger partial charge on any atom is 0.261 e. The van der Waals surface area contributed by atoms with Crippen LogP contribution in [0.5, 0.6) is 0 Å². The largest absolute Gasteiger partial charge is 0.396 e. The summed E-state index contributed by atoms with van der Waals surface area (Å²) in [5, 5.41) is 12.5. The van der Waals surface area contributed by atoms with Crippen molar-refractivity contribution in [1.82, 2.24) is 5.32 Å². The van der Waals surface area contributed by atoms with E-state index in [-0.39, 0.29) is 17.9 Å². The molecule has 0 saturated heterocycles. The molecule has 19 heavy (non-hydrogen) atoms. The highest BCUT2D eigenvalue weighted by Gasteiger charge is 2.26. The topological polar surface area (TPSA) is 49.3 Å². The third-order valence-electron chi connectivity index (χ3n) is 4.43. The molecule has 0 aliphatic heterocycles. The minimum atomic E-state index is -0.171. The molecule has 106 valence electrons. The highest BCUT2D eigenvalue weighted by Crippen LogP contribution is 2.31. The summed E-state index contributed by atoms with van der Waals surface area (Å²) in [4.78, 5) is 14.4. The highest BCUT2D eigenvalue weighted by molar-refractivity contribution is 7.14. The molecule has 1 aliphatic carbocycles. The van der Waals surface area contributed by atoms with E-state index >= 15 is 0 Å². The number of aryl methyl sites for hydroxylation is 2. The first-order chi connectivity index (χ1) is 9.14. The summed E-state index contributed by atoms with van der Waals surface area (Å²) < 4.78 is 0. The molecule has 0 aromatic carbocycles. The van der Waals surface area contributed by atoms with Gasteiger partial charge in [0.25, 0.3) is 5.91 Å². The van der Waals surface area contributed by atoms with E-state index in [1.807, 2.05) is 6.07 Å². The summed E-state index contributed by atoms with van der Waals surface area (Å²) in [6.45, 7) is 4.80. The van der Waals surface area contributed by atoms with Crippen LogP contribution in [-0.2, 0) is 12.8 Å². The zero-order valence-electron chi connectivity index (χ0n) is 11.8. The Balaban J connectivity index is 1.97. The maximum absolute atomic E-state index is 12.2. The summed E-state index contributed by atoms with van der Waals surface area (Å²) >= 11 is 1.63. The highest BCUT2D eigenvalue weighted by atomic mass is 32.1. The second kappa shape index (κ2) is 6.06. The van der Waals surface area contributed by atoms with E-state index in [4.69, 9.17) is 0 Å². The fourth-order valence-corrected chi connectivity index (χ4v) is 3.75. The molecule has 2 rings (SSSR count). The van der Waals surface area contributed by atoms with Crippen molar-refractivity contribution in [1.29, 1.82) is 0 Å². The average molecular weight is 281 g/mol. The number of aliphatic hydroxyl groups is 1. The Morgan fingerprint density at radius 1 is 1.42 bits per heavy atom. The molecule has 1 aromatic heterocycles. The van der Waals surface area contributed by atoms with Gasteiger partial charge in [-0.3, -0.25) is 4.79 Å². The number of aliphatic hydroxyl groups excluding tert-OH is 1. The van der Waals surface area contributed by atoms with Gasteiger partial charge in [-0.25, -0.2) is 0 Å². The average Bonchev–Trinajstić information content (AvgIpc) is 3.01. The van der Waals surface area contributed by atoms with Gasteiger partial charge in [0, 0.05) is 16.8 Å². The second-order valence-corrected chi connectivity index (χ2v) is 6.60. The molecule has 0 radical (unpaired) electrons.